The van der Waals surface area contributed by atoms with Crippen molar-refractivity contribution in [3.8, 4) is 5.75 Å². The molecule has 0 saturated carbocycles. The second-order valence-electron chi connectivity index (χ2n) is 3.90. The molecule has 0 amide bonds. The number of nitrogens with zero attached hydrogens (tertiary/aromatic N) is 1. The molecule has 1 heterocycles. The van der Waals surface area contributed by atoms with E-state index in [9.17, 15) is 0 Å². The number of hydrogen-bond acceptors (Lipinski definition) is 4. The fraction of sp³-hybridized carbons (Fsp3) is 0.214. The molecule has 2 rings (SSSR count). The molecule has 0 fully saturated rings. The van der Waals surface area contributed by atoms with E-state index in [2.05, 4.69) is 10.3 Å². The lowest BCUT2D eigenvalue weighted by molar-refractivity contribution is 0.340. The molecule has 0 aliphatic carbocycles. The molecular formula is C14H17N3O. The normalized spacial score (nSPS) is 10.1. The highest BCUT2D eigenvalue weighted by atomic mass is 16.5. The van der Waals surface area contributed by atoms with Gasteiger partial charge >= 0.3 is 0 Å². The van der Waals surface area contributed by atoms with Gasteiger partial charge in [-0.05, 0) is 30.7 Å². The van der Waals surface area contributed by atoms with Gasteiger partial charge in [0.2, 0.25) is 0 Å². The van der Waals surface area contributed by atoms with E-state index >= 15 is 0 Å². The summed E-state index contributed by atoms with van der Waals surface area (Å²) in [5.41, 5.74) is 8.51. The van der Waals surface area contributed by atoms with E-state index in [-0.39, 0.29) is 0 Å². The Morgan fingerprint density at radius 1 is 1.33 bits per heavy atom. The number of nitrogens with two attached hydrogens (primary N) is 1. The van der Waals surface area contributed by atoms with Crippen LogP contribution in [0.1, 0.15) is 12.5 Å². The molecule has 1 aromatic heterocycles. The van der Waals surface area contributed by atoms with Gasteiger partial charge in [-0.15, -0.1) is 0 Å². The van der Waals surface area contributed by atoms with Gasteiger partial charge in [0, 0.05) is 12.7 Å². The monoisotopic (exact) mass is 243 g/mol. The number of ether oxygens (including phenoxy) is 1. The Hall–Kier alpha value is -2.23. The molecule has 94 valence electrons. The van der Waals surface area contributed by atoms with Gasteiger partial charge in [0.15, 0.2) is 0 Å². The molecule has 0 radical (unpaired) electrons. The third-order valence-electron chi connectivity index (χ3n) is 2.54. The number of anilines is 2. The van der Waals surface area contributed by atoms with E-state index in [0.717, 1.165) is 17.0 Å². The Morgan fingerprint density at radius 2 is 2.22 bits per heavy atom. The van der Waals surface area contributed by atoms with E-state index in [1.165, 1.54) is 0 Å². The van der Waals surface area contributed by atoms with Gasteiger partial charge in [-0.3, -0.25) is 4.98 Å². The largest absolute Gasteiger partial charge is 0.494 e. The first-order valence-electron chi connectivity index (χ1n) is 5.94. The summed E-state index contributed by atoms with van der Waals surface area (Å²) in [5, 5.41) is 3.28. The van der Waals surface area contributed by atoms with Crippen LogP contribution < -0.4 is 15.8 Å². The fourth-order valence-electron chi connectivity index (χ4n) is 1.68. The van der Waals surface area contributed by atoms with Crippen molar-refractivity contribution in [1.82, 2.24) is 4.98 Å². The zero-order valence-corrected chi connectivity index (χ0v) is 10.4. The van der Waals surface area contributed by atoms with Crippen molar-refractivity contribution in [2.45, 2.75) is 13.5 Å². The Bertz CT molecular complexity index is 514. The third kappa shape index (κ3) is 3.13. The van der Waals surface area contributed by atoms with Crippen molar-refractivity contribution in [3.63, 3.8) is 0 Å². The van der Waals surface area contributed by atoms with Gasteiger partial charge in [-0.1, -0.05) is 12.1 Å². The average Bonchev–Trinajstić information content (AvgIpc) is 2.39. The molecule has 0 aliphatic heterocycles. The molecular weight excluding hydrogens is 226 g/mol. The number of nitrogens with one attached hydrogen (secondary N) is 1. The zero-order chi connectivity index (χ0) is 12.8. The molecule has 0 saturated heterocycles. The van der Waals surface area contributed by atoms with Crippen molar-refractivity contribution in [2.24, 2.45) is 0 Å². The van der Waals surface area contributed by atoms with E-state index < -0.39 is 0 Å². The maximum Gasteiger partial charge on any atom is 0.119 e. The van der Waals surface area contributed by atoms with Gasteiger partial charge in [-0.25, -0.2) is 0 Å². The first kappa shape index (κ1) is 12.2. The summed E-state index contributed by atoms with van der Waals surface area (Å²) in [7, 11) is 0. The van der Waals surface area contributed by atoms with Crippen LogP contribution in [0.5, 0.6) is 5.75 Å². The second kappa shape index (κ2) is 5.91. The molecule has 0 aliphatic rings. The molecule has 2 aromatic rings. The van der Waals surface area contributed by atoms with Crippen LogP contribution in [0.3, 0.4) is 0 Å². The van der Waals surface area contributed by atoms with Crippen LogP contribution in [-0.2, 0) is 6.54 Å². The Kier molecular flexibility index (Phi) is 4.02. The summed E-state index contributed by atoms with van der Waals surface area (Å²) in [4.78, 5) is 3.95. The van der Waals surface area contributed by atoms with Crippen molar-refractivity contribution in [1.29, 1.82) is 0 Å². The van der Waals surface area contributed by atoms with Gasteiger partial charge < -0.3 is 15.8 Å². The molecule has 4 nitrogen and oxygen atoms in total. The number of hydrogen-bond donors (Lipinski definition) is 2. The fourth-order valence-corrected chi connectivity index (χ4v) is 1.68. The standard InChI is InChI=1S/C14H17N3O/c1-2-18-12-5-3-4-11(8-12)9-17-14-6-7-16-10-13(14)15/h3-8,10H,2,9,15H2,1H3,(H,16,17). The zero-order valence-electron chi connectivity index (χ0n) is 10.4. The van der Waals surface area contributed by atoms with E-state index in [4.69, 9.17) is 10.5 Å². The molecule has 0 bridgehead atoms. The maximum absolute atomic E-state index is 5.81. The van der Waals surface area contributed by atoms with Gasteiger partial charge in [-0.2, -0.15) is 0 Å². The van der Waals surface area contributed by atoms with Crippen molar-refractivity contribution in [3.05, 3.63) is 48.3 Å². The summed E-state index contributed by atoms with van der Waals surface area (Å²) in [6.45, 7) is 3.35. The third-order valence-corrected chi connectivity index (χ3v) is 2.54. The number of pyridine rings is 1. The van der Waals surface area contributed by atoms with Crippen LogP contribution in [-0.4, -0.2) is 11.6 Å². The van der Waals surface area contributed by atoms with E-state index in [1.807, 2.05) is 37.3 Å². The SMILES string of the molecule is CCOc1cccc(CNc2ccncc2N)c1. The van der Waals surface area contributed by atoms with Crippen LogP contribution in [0.4, 0.5) is 11.4 Å². The minimum Gasteiger partial charge on any atom is -0.494 e. The lowest BCUT2D eigenvalue weighted by Gasteiger charge is -2.10. The summed E-state index contributed by atoms with van der Waals surface area (Å²) in [6, 6.07) is 9.87. The lowest BCUT2D eigenvalue weighted by Crippen LogP contribution is -2.03. The molecule has 0 spiro atoms. The summed E-state index contributed by atoms with van der Waals surface area (Å²) < 4.78 is 5.46. The van der Waals surface area contributed by atoms with Crippen LogP contribution in [0.25, 0.3) is 0 Å². The Balaban J connectivity index is 2.02. The Labute approximate surface area is 107 Å². The molecule has 18 heavy (non-hydrogen) atoms. The lowest BCUT2D eigenvalue weighted by atomic mass is 10.2. The molecule has 3 N–H and O–H groups in total. The minimum absolute atomic E-state index is 0.651. The maximum atomic E-state index is 5.81. The number of benzene rings is 1. The van der Waals surface area contributed by atoms with Crippen molar-refractivity contribution < 1.29 is 4.74 Å². The van der Waals surface area contributed by atoms with E-state index in [1.54, 1.807) is 12.4 Å². The van der Waals surface area contributed by atoms with Crippen LogP contribution in [0.2, 0.25) is 0 Å². The van der Waals surface area contributed by atoms with Crippen molar-refractivity contribution >= 4 is 11.4 Å². The first-order chi connectivity index (χ1) is 8.79. The molecule has 1 aromatic carbocycles. The quantitative estimate of drug-likeness (QED) is 0.847. The molecule has 0 unspecified atom stereocenters. The number of aromatic nitrogens is 1. The summed E-state index contributed by atoms with van der Waals surface area (Å²) >= 11 is 0. The minimum atomic E-state index is 0.651. The predicted molar refractivity (Wildman–Crippen MR) is 73.6 cm³/mol. The topological polar surface area (TPSA) is 60.2 Å². The Morgan fingerprint density at radius 3 is 3.00 bits per heavy atom. The van der Waals surface area contributed by atoms with Gasteiger partial charge in [0.1, 0.15) is 5.75 Å². The van der Waals surface area contributed by atoms with Gasteiger partial charge in [0.25, 0.3) is 0 Å². The predicted octanol–water partition coefficient (Wildman–Crippen LogP) is 2.67. The highest BCUT2D eigenvalue weighted by molar-refractivity contribution is 5.64. The highest BCUT2D eigenvalue weighted by Gasteiger charge is 1.99. The van der Waals surface area contributed by atoms with Gasteiger partial charge in [0.05, 0.1) is 24.2 Å². The molecule has 4 heteroatoms. The smallest absolute Gasteiger partial charge is 0.119 e. The summed E-state index contributed by atoms with van der Waals surface area (Å²) in [6.07, 6.45) is 3.36. The second-order valence-corrected chi connectivity index (χ2v) is 3.90. The van der Waals surface area contributed by atoms with Crippen LogP contribution in [0, 0.1) is 0 Å². The number of rotatable bonds is 5. The van der Waals surface area contributed by atoms with E-state index in [0.29, 0.717) is 18.8 Å². The number of nitrogen functional groups attached to an aromatic ring is 1. The van der Waals surface area contributed by atoms with Crippen LogP contribution in [0.15, 0.2) is 42.7 Å². The van der Waals surface area contributed by atoms with Crippen molar-refractivity contribution in [2.75, 3.05) is 17.7 Å². The molecule has 0 atom stereocenters. The highest BCUT2D eigenvalue weighted by Crippen LogP contribution is 2.18. The first-order valence-corrected chi connectivity index (χ1v) is 5.94. The summed E-state index contributed by atoms with van der Waals surface area (Å²) in [5.74, 6) is 0.888. The van der Waals surface area contributed by atoms with Crippen LogP contribution >= 0.6 is 0 Å². The average molecular weight is 243 g/mol.